The van der Waals surface area contributed by atoms with E-state index in [1.807, 2.05) is 18.2 Å². The van der Waals surface area contributed by atoms with Gasteiger partial charge < -0.3 is 20.1 Å². The van der Waals surface area contributed by atoms with Gasteiger partial charge in [-0.2, -0.15) is 0 Å². The largest absolute Gasteiger partial charge is 0.497 e. The van der Waals surface area contributed by atoms with Crippen molar-refractivity contribution >= 4 is 5.91 Å². The van der Waals surface area contributed by atoms with Gasteiger partial charge in [-0.3, -0.25) is 4.79 Å². The summed E-state index contributed by atoms with van der Waals surface area (Å²) in [4.78, 5) is 13.3. The Kier molecular flexibility index (Phi) is 3.49. The van der Waals surface area contributed by atoms with Crippen molar-refractivity contribution in [2.24, 2.45) is 5.73 Å². The van der Waals surface area contributed by atoms with Crippen LogP contribution in [-0.2, 0) is 11.3 Å². The number of nitrogens with zero attached hydrogens (tertiary/aromatic N) is 1. The summed E-state index contributed by atoms with van der Waals surface area (Å²) in [6.07, 6.45) is 0. The molecule has 2 rings (SSSR count). The zero-order chi connectivity index (χ0) is 12.3. The average Bonchev–Trinajstić information content (AvgIpc) is 2.58. The van der Waals surface area contributed by atoms with Crippen molar-refractivity contribution in [2.45, 2.75) is 6.54 Å². The Morgan fingerprint density at radius 2 is 2.41 bits per heavy atom. The SMILES string of the molecule is COc1ccc2c(c1)OCCN(C(=O)CN)C2. The predicted octanol–water partition coefficient (Wildman–Crippen LogP) is 0.375. The molecular weight excluding hydrogens is 220 g/mol. The quantitative estimate of drug-likeness (QED) is 0.806. The van der Waals surface area contributed by atoms with Crippen LogP contribution < -0.4 is 15.2 Å². The topological polar surface area (TPSA) is 64.8 Å². The number of methoxy groups -OCH3 is 1. The Morgan fingerprint density at radius 3 is 3.12 bits per heavy atom. The lowest BCUT2D eigenvalue weighted by molar-refractivity contribution is -0.130. The average molecular weight is 236 g/mol. The van der Waals surface area contributed by atoms with Crippen LogP contribution in [0.3, 0.4) is 0 Å². The van der Waals surface area contributed by atoms with Gasteiger partial charge in [0, 0.05) is 18.2 Å². The highest BCUT2D eigenvalue weighted by molar-refractivity contribution is 5.78. The third kappa shape index (κ3) is 2.50. The first kappa shape index (κ1) is 11.7. The molecule has 5 heteroatoms. The van der Waals surface area contributed by atoms with Crippen molar-refractivity contribution in [3.63, 3.8) is 0 Å². The molecule has 17 heavy (non-hydrogen) atoms. The lowest BCUT2D eigenvalue weighted by Crippen LogP contribution is -2.36. The molecule has 0 unspecified atom stereocenters. The molecular formula is C12H16N2O3. The Hall–Kier alpha value is -1.75. The summed E-state index contributed by atoms with van der Waals surface area (Å²) in [5.41, 5.74) is 6.34. The summed E-state index contributed by atoms with van der Waals surface area (Å²) in [5.74, 6) is 1.47. The number of hydrogen-bond donors (Lipinski definition) is 1. The molecule has 0 aliphatic carbocycles. The summed E-state index contributed by atoms with van der Waals surface area (Å²) in [7, 11) is 1.61. The highest BCUT2D eigenvalue weighted by atomic mass is 16.5. The van der Waals surface area contributed by atoms with E-state index < -0.39 is 0 Å². The minimum absolute atomic E-state index is 0.0332. The fourth-order valence-corrected chi connectivity index (χ4v) is 1.82. The molecule has 0 saturated heterocycles. The number of fused-ring (bicyclic) bond motifs is 1. The monoisotopic (exact) mass is 236 g/mol. The van der Waals surface area contributed by atoms with Gasteiger partial charge in [0.1, 0.15) is 18.1 Å². The number of carbonyl (C=O) groups is 1. The van der Waals surface area contributed by atoms with Gasteiger partial charge in [-0.15, -0.1) is 0 Å². The molecule has 0 saturated carbocycles. The van der Waals surface area contributed by atoms with Crippen LogP contribution in [0.2, 0.25) is 0 Å². The predicted molar refractivity (Wildman–Crippen MR) is 63.0 cm³/mol. The second kappa shape index (κ2) is 5.05. The van der Waals surface area contributed by atoms with E-state index in [1.54, 1.807) is 12.0 Å². The number of ether oxygens (including phenoxy) is 2. The molecule has 0 bridgehead atoms. The van der Waals surface area contributed by atoms with E-state index in [0.29, 0.717) is 19.7 Å². The van der Waals surface area contributed by atoms with Gasteiger partial charge in [0.25, 0.3) is 0 Å². The molecule has 1 amide bonds. The smallest absolute Gasteiger partial charge is 0.236 e. The van der Waals surface area contributed by atoms with Crippen LogP contribution >= 0.6 is 0 Å². The number of nitrogens with two attached hydrogens (primary N) is 1. The summed E-state index contributed by atoms with van der Waals surface area (Å²) >= 11 is 0. The Labute approximate surface area is 100 Å². The molecule has 1 heterocycles. The maximum Gasteiger partial charge on any atom is 0.236 e. The fraction of sp³-hybridized carbons (Fsp3) is 0.417. The number of amides is 1. The Morgan fingerprint density at radius 1 is 1.59 bits per heavy atom. The second-order valence-electron chi connectivity index (χ2n) is 3.84. The van der Waals surface area contributed by atoms with Crippen molar-refractivity contribution in [2.75, 3.05) is 26.8 Å². The first-order chi connectivity index (χ1) is 8.24. The molecule has 0 fully saturated rings. The van der Waals surface area contributed by atoms with Crippen molar-refractivity contribution < 1.29 is 14.3 Å². The molecule has 5 nitrogen and oxygen atoms in total. The third-order valence-electron chi connectivity index (χ3n) is 2.78. The van der Waals surface area contributed by atoms with E-state index in [-0.39, 0.29) is 12.5 Å². The molecule has 1 aliphatic heterocycles. The van der Waals surface area contributed by atoms with Gasteiger partial charge in [-0.05, 0) is 12.1 Å². The molecule has 92 valence electrons. The zero-order valence-corrected chi connectivity index (χ0v) is 9.81. The molecule has 0 radical (unpaired) electrons. The van der Waals surface area contributed by atoms with Crippen molar-refractivity contribution in [3.05, 3.63) is 23.8 Å². The van der Waals surface area contributed by atoms with Crippen LogP contribution in [0.15, 0.2) is 18.2 Å². The highest BCUT2D eigenvalue weighted by Crippen LogP contribution is 2.27. The second-order valence-corrected chi connectivity index (χ2v) is 3.84. The maximum atomic E-state index is 11.6. The molecule has 0 spiro atoms. The van der Waals surface area contributed by atoms with Gasteiger partial charge in [0.2, 0.25) is 5.91 Å². The molecule has 1 aliphatic rings. The molecule has 0 atom stereocenters. The highest BCUT2D eigenvalue weighted by Gasteiger charge is 2.18. The fourth-order valence-electron chi connectivity index (χ4n) is 1.82. The van der Waals surface area contributed by atoms with E-state index in [4.69, 9.17) is 15.2 Å². The Balaban J connectivity index is 2.23. The van der Waals surface area contributed by atoms with Crippen LogP contribution in [0.25, 0.3) is 0 Å². The third-order valence-corrected chi connectivity index (χ3v) is 2.78. The Bertz CT molecular complexity index is 420. The number of carbonyl (C=O) groups excluding carboxylic acids is 1. The first-order valence-corrected chi connectivity index (χ1v) is 5.52. The van der Waals surface area contributed by atoms with E-state index >= 15 is 0 Å². The normalized spacial score (nSPS) is 14.6. The minimum Gasteiger partial charge on any atom is -0.497 e. The van der Waals surface area contributed by atoms with E-state index in [9.17, 15) is 4.79 Å². The summed E-state index contributed by atoms with van der Waals surface area (Å²) < 4.78 is 10.7. The van der Waals surface area contributed by atoms with Crippen LogP contribution in [0.1, 0.15) is 5.56 Å². The van der Waals surface area contributed by atoms with Crippen LogP contribution in [0.5, 0.6) is 11.5 Å². The maximum absolute atomic E-state index is 11.6. The van der Waals surface area contributed by atoms with Crippen molar-refractivity contribution in [1.29, 1.82) is 0 Å². The molecule has 2 N–H and O–H groups in total. The summed E-state index contributed by atoms with van der Waals surface area (Å²) in [6, 6.07) is 5.61. The standard InChI is InChI=1S/C12H16N2O3/c1-16-10-3-2-9-8-14(12(15)7-13)4-5-17-11(9)6-10/h2-3,6H,4-5,7-8,13H2,1H3. The van der Waals surface area contributed by atoms with Crippen LogP contribution in [0, 0.1) is 0 Å². The number of rotatable bonds is 2. The van der Waals surface area contributed by atoms with Crippen LogP contribution in [0.4, 0.5) is 0 Å². The minimum atomic E-state index is -0.0581. The molecule has 1 aromatic carbocycles. The van der Waals surface area contributed by atoms with Gasteiger partial charge in [0.05, 0.1) is 20.2 Å². The summed E-state index contributed by atoms with van der Waals surface area (Å²) in [5, 5.41) is 0. The van der Waals surface area contributed by atoms with Gasteiger partial charge in [-0.25, -0.2) is 0 Å². The molecule has 1 aromatic rings. The van der Waals surface area contributed by atoms with Crippen molar-refractivity contribution in [3.8, 4) is 11.5 Å². The van der Waals surface area contributed by atoms with E-state index in [2.05, 4.69) is 0 Å². The number of hydrogen-bond acceptors (Lipinski definition) is 4. The molecule has 0 aromatic heterocycles. The van der Waals surface area contributed by atoms with Gasteiger partial charge >= 0.3 is 0 Å². The number of benzene rings is 1. The van der Waals surface area contributed by atoms with Gasteiger partial charge in [-0.1, -0.05) is 0 Å². The first-order valence-electron chi connectivity index (χ1n) is 5.52. The van der Waals surface area contributed by atoms with Gasteiger partial charge in [0.15, 0.2) is 0 Å². The van der Waals surface area contributed by atoms with E-state index in [0.717, 1.165) is 17.1 Å². The summed E-state index contributed by atoms with van der Waals surface area (Å²) in [6.45, 7) is 1.61. The lowest BCUT2D eigenvalue weighted by atomic mass is 10.2. The zero-order valence-electron chi connectivity index (χ0n) is 9.81. The van der Waals surface area contributed by atoms with E-state index in [1.165, 1.54) is 0 Å². The van der Waals surface area contributed by atoms with Crippen molar-refractivity contribution in [1.82, 2.24) is 4.90 Å². The lowest BCUT2D eigenvalue weighted by Gasteiger charge is -2.18. The van der Waals surface area contributed by atoms with Crippen LogP contribution in [-0.4, -0.2) is 37.6 Å².